The highest BCUT2D eigenvalue weighted by molar-refractivity contribution is 9.09. The zero-order chi connectivity index (χ0) is 8.27. The molecule has 0 spiro atoms. The summed E-state index contributed by atoms with van der Waals surface area (Å²) < 4.78 is 0. The molecule has 2 heteroatoms. The van der Waals surface area contributed by atoms with E-state index in [2.05, 4.69) is 28.9 Å². The molecule has 0 bridgehead atoms. The van der Waals surface area contributed by atoms with Crippen molar-refractivity contribution in [3.05, 3.63) is 23.8 Å². The molecule has 60 valence electrons. The first-order valence-corrected chi connectivity index (χ1v) is 4.82. The Hall–Kier alpha value is -0.370. The van der Waals surface area contributed by atoms with Crippen molar-refractivity contribution >= 4 is 21.7 Å². The maximum atomic E-state index is 11.2. The van der Waals surface area contributed by atoms with E-state index in [-0.39, 0.29) is 5.78 Å². The molecule has 0 radical (unpaired) electrons. The Morgan fingerprint density at radius 1 is 1.82 bits per heavy atom. The van der Waals surface area contributed by atoms with E-state index in [9.17, 15) is 4.79 Å². The molecule has 0 aromatic carbocycles. The number of rotatable bonds is 2. The minimum Gasteiger partial charge on any atom is -0.294 e. The molecule has 11 heavy (non-hydrogen) atoms. The maximum Gasteiger partial charge on any atom is 0.169 e. The SMILES string of the molecule is CC1C=CC=C(C(=O)CBr)C1. The Morgan fingerprint density at radius 2 is 2.55 bits per heavy atom. The Bertz CT molecular complexity index is 216. The summed E-state index contributed by atoms with van der Waals surface area (Å²) in [6, 6.07) is 0. The van der Waals surface area contributed by atoms with Crippen molar-refractivity contribution in [3.8, 4) is 0 Å². The summed E-state index contributed by atoms with van der Waals surface area (Å²) in [5, 5.41) is 0.444. The first-order chi connectivity index (χ1) is 5.24. The number of hydrogen-bond donors (Lipinski definition) is 0. The van der Waals surface area contributed by atoms with Crippen LogP contribution in [0.25, 0.3) is 0 Å². The van der Waals surface area contributed by atoms with Crippen LogP contribution >= 0.6 is 15.9 Å². The highest BCUT2D eigenvalue weighted by Crippen LogP contribution is 2.18. The molecular weight excluding hydrogens is 204 g/mol. The predicted octanol–water partition coefficient (Wildman–Crippen LogP) is 2.47. The Kier molecular flexibility index (Phi) is 3.06. The molecule has 0 aliphatic heterocycles. The second-order valence-electron chi connectivity index (χ2n) is 2.82. The number of ketones is 1. The second kappa shape index (κ2) is 3.86. The fraction of sp³-hybridized carbons (Fsp3) is 0.444. The minimum absolute atomic E-state index is 0.209. The summed E-state index contributed by atoms with van der Waals surface area (Å²) in [7, 11) is 0. The van der Waals surface area contributed by atoms with E-state index in [1.165, 1.54) is 0 Å². The summed E-state index contributed by atoms with van der Waals surface area (Å²) >= 11 is 3.16. The zero-order valence-electron chi connectivity index (χ0n) is 6.51. The van der Waals surface area contributed by atoms with Gasteiger partial charge in [0.25, 0.3) is 0 Å². The van der Waals surface area contributed by atoms with Crippen molar-refractivity contribution in [2.45, 2.75) is 13.3 Å². The molecular formula is C9H11BrO. The molecule has 1 rings (SSSR count). The molecule has 1 nitrogen and oxygen atoms in total. The molecule has 0 saturated carbocycles. The molecule has 1 atom stereocenters. The van der Waals surface area contributed by atoms with Crippen LogP contribution in [-0.2, 0) is 4.79 Å². The number of alkyl halides is 1. The lowest BCUT2D eigenvalue weighted by atomic mass is 9.94. The van der Waals surface area contributed by atoms with Gasteiger partial charge in [0, 0.05) is 0 Å². The van der Waals surface area contributed by atoms with Gasteiger partial charge in [0.2, 0.25) is 0 Å². The van der Waals surface area contributed by atoms with Gasteiger partial charge in [-0.15, -0.1) is 0 Å². The van der Waals surface area contributed by atoms with Gasteiger partial charge in [-0.25, -0.2) is 0 Å². The van der Waals surface area contributed by atoms with Crippen molar-refractivity contribution in [3.63, 3.8) is 0 Å². The van der Waals surface area contributed by atoms with E-state index in [4.69, 9.17) is 0 Å². The number of hydrogen-bond acceptors (Lipinski definition) is 1. The van der Waals surface area contributed by atoms with Crippen LogP contribution in [0.3, 0.4) is 0 Å². The maximum absolute atomic E-state index is 11.2. The van der Waals surface area contributed by atoms with Crippen LogP contribution in [0.1, 0.15) is 13.3 Å². The van der Waals surface area contributed by atoms with Crippen LogP contribution < -0.4 is 0 Å². The molecule has 0 N–H and O–H groups in total. The standard InChI is InChI=1S/C9H11BrO/c1-7-3-2-4-8(5-7)9(11)6-10/h2-4,7H,5-6H2,1H3. The van der Waals surface area contributed by atoms with E-state index in [1.807, 2.05) is 12.2 Å². The molecule has 1 aliphatic carbocycles. The highest BCUT2D eigenvalue weighted by Gasteiger charge is 2.12. The summed E-state index contributed by atoms with van der Waals surface area (Å²) in [6.45, 7) is 2.12. The van der Waals surface area contributed by atoms with Crippen LogP contribution in [0, 0.1) is 5.92 Å². The monoisotopic (exact) mass is 214 g/mol. The van der Waals surface area contributed by atoms with Gasteiger partial charge in [-0.1, -0.05) is 41.1 Å². The van der Waals surface area contributed by atoms with Crippen molar-refractivity contribution in [1.82, 2.24) is 0 Å². The molecule has 1 aliphatic rings. The van der Waals surface area contributed by atoms with Gasteiger partial charge in [-0.05, 0) is 17.9 Å². The van der Waals surface area contributed by atoms with Gasteiger partial charge in [0.15, 0.2) is 5.78 Å². The van der Waals surface area contributed by atoms with Gasteiger partial charge >= 0.3 is 0 Å². The van der Waals surface area contributed by atoms with Crippen LogP contribution in [-0.4, -0.2) is 11.1 Å². The lowest BCUT2D eigenvalue weighted by Crippen LogP contribution is -2.08. The van der Waals surface area contributed by atoms with Crippen LogP contribution in [0.4, 0.5) is 0 Å². The number of carbonyl (C=O) groups excluding carboxylic acids is 1. The number of Topliss-reactive ketones (excluding diaryl/α,β-unsaturated/α-hetero) is 1. The quantitative estimate of drug-likeness (QED) is 0.646. The predicted molar refractivity (Wildman–Crippen MR) is 49.8 cm³/mol. The Balaban J connectivity index is 2.66. The normalized spacial score (nSPS) is 23.1. The van der Waals surface area contributed by atoms with E-state index in [0.29, 0.717) is 11.2 Å². The first kappa shape index (κ1) is 8.72. The van der Waals surface area contributed by atoms with Crippen LogP contribution in [0.15, 0.2) is 23.8 Å². The van der Waals surface area contributed by atoms with Gasteiger partial charge < -0.3 is 0 Å². The lowest BCUT2D eigenvalue weighted by molar-refractivity contribution is -0.113. The molecule has 1 unspecified atom stereocenters. The van der Waals surface area contributed by atoms with E-state index in [1.54, 1.807) is 0 Å². The topological polar surface area (TPSA) is 17.1 Å². The lowest BCUT2D eigenvalue weighted by Gasteiger charge is -2.11. The number of carbonyl (C=O) groups is 1. The van der Waals surface area contributed by atoms with E-state index >= 15 is 0 Å². The fourth-order valence-corrected chi connectivity index (χ4v) is 1.50. The van der Waals surface area contributed by atoms with Gasteiger partial charge in [-0.3, -0.25) is 4.79 Å². The van der Waals surface area contributed by atoms with Crippen LogP contribution in [0.2, 0.25) is 0 Å². The van der Waals surface area contributed by atoms with E-state index < -0.39 is 0 Å². The van der Waals surface area contributed by atoms with Crippen molar-refractivity contribution in [2.75, 3.05) is 5.33 Å². The molecule has 0 amide bonds. The zero-order valence-corrected chi connectivity index (χ0v) is 8.10. The average molecular weight is 215 g/mol. The molecule has 0 aromatic heterocycles. The summed E-state index contributed by atoms with van der Waals surface area (Å²) in [6.07, 6.45) is 6.87. The second-order valence-corrected chi connectivity index (χ2v) is 3.38. The van der Waals surface area contributed by atoms with Gasteiger partial charge in [0.05, 0.1) is 5.33 Å². The van der Waals surface area contributed by atoms with Crippen molar-refractivity contribution in [1.29, 1.82) is 0 Å². The Morgan fingerprint density at radius 3 is 3.09 bits per heavy atom. The summed E-state index contributed by atoms with van der Waals surface area (Å²) in [4.78, 5) is 11.2. The number of allylic oxidation sites excluding steroid dienone is 4. The number of halogens is 1. The summed E-state index contributed by atoms with van der Waals surface area (Å²) in [5.41, 5.74) is 0.942. The summed E-state index contributed by atoms with van der Waals surface area (Å²) in [5.74, 6) is 0.721. The Labute approximate surface area is 75.3 Å². The van der Waals surface area contributed by atoms with Gasteiger partial charge in [-0.2, -0.15) is 0 Å². The third kappa shape index (κ3) is 2.29. The van der Waals surface area contributed by atoms with Crippen molar-refractivity contribution in [2.24, 2.45) is 5.92 Å². The van der Waals surface area contributed by atoms with Gasteiger partial charge in [0.1, 0.15) is 0 Å². The van der Waals surface area contributed by atoms with E-state index in [0.717, 1.165) is 12.0 Å². The molecule has 0 saturated heterocycles. The molecule has 0 fully saturated rings. The average Bonchev–Trinajstić information content (AvgIpc) is 2.03. The van der Waals surface area contributed by atoms with Crippen LogP contribution in [0.5, 0.6) is 0 Å². The largest absolute Gasteiger partial charge is 0.294 e. The smallest absolute Gasteiger partial charge is 0.169 e. The molecule has 0 aromatic rings. The third-order valence-corrected chi connectivity index (χ3v) is 2.27. The van der Waals surface area contributed by atoms with Crippen molar-refractivity contribution < 1.29 is 4.79 Å². The fourth-order valence-electron chi connectivity index (χ4n) is 1.14. The molecule has 0 heterocycles. The minimum atomic E-state index is 0.209. The third-order valence-electron chi connectivity index (χ3n) is 1.76. The first-order valence-electron chi connectivity index (χ1n) is 3.70. The highest BCUT2D eigenvalue weighted by atomic mass is 79.9.